The number of carbonyl (C=O) groups excluding carboxylic acids is 2. The molecule has 1 aromatic rings. The van der Waals surface area contributed by atoms with Crippen LogP contribution in [0.2, 0.25) is 0 Å². The van der Waals surface area contributed by atoms with Crippen molar-refractivity contribution in [3.63, 3.8) is 0 Å². The summed E-state index contributed by atoms with van der Waals surface area (Å²) in [5.41, 5.74) is 5.33. The highest BCUT2D eigenvalue weighted by Crippen LogP contribution is 2.10. The van der Waals surface area contributed by atoms with Crippen LogP contribution in [0.5, 0.6) is 0 Å². The summed E-state index contributed by atoms with van der Waals surface area (Å²) in [4.78, 5) is 22.7. The molecule has 0 unspecified atom stereocenters. The van der Waals surface area contributed by atoms with Crippen molar-refractivity contribution in [1.82, 2.24) is 5.32 Å². The first kappa shape index (κ1) is 13.7. The molecule has 0 spiro atoms. The molecule has 0 aromatic heterocycles. The van der Waals surface area contributed by atoms with Crippen LogP contribution in [0.4, 0.5) is 0 Å². The predicted octanol–water partition coefficient (Wildman–Crippen LogP) is 0.942. The number of carbonyl (C=O) groups is 2. The summed E-state index contributed by atoms with van der Waals surface area (Å²) < 4.78 is 0. The molecule has 2 amide bonds. The van der Waals surface area contributed by atoms with Gasteiger partial charge in [-0.25, -0.2) is 0 Å². The number of rotatable bonds is 4. The normalized spacial score (nSPS) is 10.5. The van der Waals surface area contributed by atoms with Crippen LogP contribution in [0.15, 0.2) is 24.3 Å². The molecule has 0 saturated carbocycles. The minimum absolute atomic E-state index is 0.0645. The van der Waals surface area contributed by atoms with Gasteiger partial charge in [0.05, 0.1) is 11.6 Å². The fourth-order valence-electron chi connectivity index (χ4n) is 1.56. The number of nitriles is 1. The van der Waals surface area contributed by atoms with Gasteiger partial charge in [-0.2, -0.15) is 5.26 Å². The maximum absolute atomic E-state index is 11.9. The lowest BCUT2D eigenvalue weighted by atomic mass is 9.99. The molecule has 0 radical (unpaired) electrons. The number of amides is 2. The molecule has 3 N–H and O–H groups in total. The molecule has 0 aliphatic rings. The van der Waals surface area contributed by atoms with Crippen molar-refractivity contribution in [3.05, 3.63) is 35.4 Å². The van der Waals surface area contributed by atoms with Gasteiger partial charge in [-0.3, -0.25) is 9.59 Å². The molecule has 18 heavy (non-hydrogen) atoms. The van der Waals surface area contributed by atoms with Gasteiger partial charge in [0.1, 0.15) is 0 Å². The van der Waals surface area contributed by atoms with Gasteiger partial charge < -0.3 is 11.1 Å². The van der Waals surface area contributed by atoms with E-state index in [1.807, 2.05) is 6.07 Å². The first-order valence-corrected chi connectivity index (χ1v) is 5.45. The smallest absolute Gasteiger partial charge is 0.251 e. The summed E-state index contributed by atoms with van der Waals surface area (Å²) in [6.45, 7) is 3.44. The van der Waals surface area contributed by atoms with Gasteiger partial charge in [-0.15, -0.1) is 0 Å². The number of hydrogen-bond acceptors (Lipinski definition) is 3. The first-order valence-electron chi connectivity index (χ1n) is 5.45. The Balaban J connectivity index is 2.76. The average molecular weight is 245 g/mol. The van der Waals surface area contributed by atoms with E-state index in [0.717, 1.165) is 0 Å². The Kier molecular flexibility index (Phi) is 4.05. The van der Waals surface area contributed by atoms with E-state index in [1.54, 1.807) is 38.1 Å². The Hall–Kier alpha value is -2.35. The molecule has 0 aliphatic heterocycles. The number of benzene rings is 1. The molecule has 0 atom stereocenters. The highest BCUT2D eigenvalue weighted by molar-refractivity contribution is 5.95. The molecule has 5 nitrogen and oxygen atoms in total. The van der Waals surface area contributed by atoms with Gasteiger partial charge in [-0.05, 0) is 38.1 Å². The number of nitrogens with one attached hydrogen (secondary N) is 1. The van der Waals surface area contributed by atoms with Crippen molar-refractivity contribution < 1.29 is 9.59 Å². The fraction of sp³-hybridized carbons (Fsp3) is 0.308. The molecule has 0 aliphatic carbocycles. The minimum atomic E-state index is -0.698. The van der Waals surface area contributed by atoms with Crippen molar-refractivity contribution in [1.29, 1.82) is 5.26 Å². The van der Waals surface area contributed by atoms with Gasteiger partial charge in [0.15, 0.2) is 0 Å². The number of nitrogens with zero attached hydrogens (tertiary/aromatic N) is 1. The van der Waals surface area contributed by atoms with Crippen LogP contribution in [0.25, 0.3) is 0 Å². The summed E-state index contributed by atoms with van der Waals surface area (Å²) >= 11 is 0. The van der Waals surface area contributed by atoms with E-state index in [9.17, 15) is 9.59 Å². The van der Waals surface area contributed by atoms with E-state index in [4.69, 9.17) is 11.0 Å². The van der Waals surface area contributed by atoms with Crippen LogP contribution in [-0.4, -0.2) is 17.4 Å². The Bertz CT molecular complexity index is 498. The summed E-state index contributed by atoms with van der Waals surface area (Å²) in [5.74, 6) is -0.772. The number of hydrogen-bond donors (Lipinski definition) is 2. The molecule has 0 saturated heterocycles. The second kappa shape index (κ2) is 5.32. The lowest BCUT2D eigenvalue weighted by molar-refractivity contribution is -0.119. The highest BCUT2D eigenvalue weighted by atomic mass is 16.2. The van der Waals surface area contributed by atoms with Crippen molar-refractivity contribution in [2.45, 2.75) is 25.8 Å². The molecule has 94 valence electrons. The SMILES string of the molecule is CC(C)(CC(N)=O)NC(=O)c1ccc(C#N)cc1. The molecule has 0 heterocycles. The molecular weight excluding hydrogens is 230 g/mol. The topological polar surface area (TPSA) is 96.0 Å². The highest BCUT2D eigenvalue weighted by Gasteiger charge is 2.23. The van der Waals surface area contributed by atoms with Gasteiger partial charge in [0, 0.05) is 17.5 Å². The van der Waals surface area contributed by atoms with E-state index in [0.29, 0.717) is 11.1 Å². The van der Waals surface area contributed by atoms with Crippen molar-refractivity contribution in [3.8, 4) is 6.07 Å². The van der Waals surface area contributed by atoms with Crippen LogP contribution >= 0.6 is 0 Å². The van der Waals surface area contributed by atoms with Gasteiger partial charge in [0.2, 0.25) is 5.91 Å². The standard InChI is InChI=1S/C13H15N3O2/c1-13(2,7-11(15)17)16-12(18)10-5-3-9(8-14)4-6-10/h3-6H,7H2,1-2H3,(H2,15,17)(H,16,18). The van der Waals surface area contributed by atoms with Crippen LogP contribution in [0, 0.1) is 11.3 Å². The zero-order valence-electron chi connectivity index (χ0n) is 10.4. The minimum Gasteiger partial charge on any atom is -0.370 e. The van der Waals surface area contributed by atoms with E-state index in [2.05, 4.69) is 5.32 Å². The third-order valence-electron chi connectivity index (χ3n) is 2.34. The fourth-order valence-corrected chi connectivity index (χ4v) is 1.56. The van der Waals surface area contributed by atoms with Gasteiger partial charge in [0.25, 0.3) is 5.91 Å². The maximum atomic E-state index is 11.9. The third-order valence-corrected chi connectivity index (χ3v) is 2.34. The summed E-state index contributed by atoms with van der Waals surface area (Å²) in [6.07, 6.45) is 0.0645. The van der Waals surface area contributed by atoms with Crippen LogP contribution in [0.1, 0.15) is 36.2 Å². The lowest BCUT2D eigenvalue weighted by Gasteiger charge is -2.24. The maximum Gasteiger partial charge on any atom is 0.251 e. The zero-order chi connectivity index (χ0) is 13.8. The summed E-state index contributed by atoms with van der Waals surface area (Å²) in [5, 5.41) is 11.4. The van der Waals surface area contributed by atoms with Gasteiger partial charge in [-0.1, -0.05) is 0 Å². The van der Waals surface area contributed by atoms with E-state index >= 15 is 0 Å². The summed E-state index contributed by atoms with van der Waals surface area (Å²) in [6, 6.07) is 8.23. The third kappa shape index (κ3) is 3.91. The Morgan fingerprint density at radius 3 is 2.33 bits per heavy atom. The molecule has 1 rings (SSSR count). The second-order valence-corrected chi connectivity index (χ2v) is 4.67. The molecule has 1 aromatic carbocycles. The second-order valence-electron chi connectivity index (χ2n) is 4.67. The van der Waals surface area contributed by atoms with Crippen molar-refractivity contribution in [2.75, 3.05) is 0 Å². The zero-order valence-corrected chi connectivity index (χ0v) is 10.4. The van der Waals surface area contributed by atoms with Crippen LogP contribution in [-0.2, 0) is 4.79 Å². The molecule has 0 fully saturated rings. The monoisotopic (exact) mass is 245 g/mol. The van der Waals surface area contributed by atoms with Crippen molar-refractivity contribution in [2.24, 2.45) is 5.73 Å². The first-order chi connectivity index (χ1) is 8.34. The van der Waals surface area contributed by atoms with E-state index < -0.39 is 11.4 Å². The van der Waals surface area contributed by atoms with Crippen LogP contribution < -0.4 is 11.1 Å². The Labute approximate surface area is 106 Å². The van der Waals surface area contributed by atoms with Gasteiger partial charge >= 0.3 is 0 Å². The molecular formula is C13H15N3O2. The van der Waals surface area contributed by atoms with E-state index in [1.165, 1.54) is 0 Å². The Morgan fingerprint density at radius 1 is 1.33 bits per heavy atom. The summed E-state index contributed by atoms with van der Waals surface area (Å²) in [7, 11) is 0. The number of primary amides is 1. The number of nitrogens with two attached hydrogens (primary N) is 1. The lowest BCUT2D eigenvalue weighted by Crippen LogP contribution is -2.46. The molecule has 0 bridgehead atoms. The average Bonchev–Trinajstić information content (AvgIpc) is 2.26. The molecule has 5 heteroatoms. The van der Waals surface area contributed by atoms with E-state index in [-0.39, 0.29) is 12.3 Å². The Morgan fingerprint density at radius 2 is 1.89 bits per heavy atom. The quantitative estimate of drug-likeness (QED) is 0.826. The van der Waals surface area contributed by atoms with Crippen molar-refractivity contribution >= 4 is 11.8 Å². The van der Waals surface area contributed by atoms with Crippen LogP contribution in [0.3, 0.4) is 0 Å². The predicted molar refractivity (Wildman–Crippen MR) is 66.5 cm³/mol. The largest absolute Gasteiger partial charge is 0.370 e.